The van der Waals surface area contributed by atoms with Gasteiger partial charge in [-0.25, -0.2) is 4.79 Å². The molecular formula is C26H26N2O6. The highest BCUT2D eigenvalue weighted by Gasteiger charge is 2.53. The van der Waals surface area contributed by atoms with Crippen LogP contribution >= 0.6 is 0 Å². The minimum atomic E-state index is -2.50. The van der Waals surface area contributed by atoms with Gasteiger partial charge in [0.15, 0.2) is 5.75 Å². The zero-order chi connectivity index (χ0) is 24.7. The molecule has 3 aromatic rings. The molecule has 8 heteroatoms. The molecule has 176 valence electrons. The fourth-order valence-corrected chi connectivity index (χ4v) is 3.41. The average molecular weight is 463 g/mol. The summed E-state index contributed by atoms with van der Waals surface area (Å²) in [6, 6.07) is 21.2. The van der Waals surface area contributed by atoms with E-state index in [1.807, 2.05) is 38.1 Å². The second kappa shape index (κ2) is 10.6. The van der Waals surface area contributed by atoms with Gasteiger partial charge in [0.25, 0.3) is 11.4 Å². The number of amides is 2. The number of hydroxylamine groups is 2. The van der Waals surface area contributed by atoms with E-state index < -0.39 is 30.4 Å². The lowest BCUT2D eigenvalue weighted by molar-refractivity contribution is -0.189. The molecule has 0 spiro atoms. The average Bonchev–Trinajstić information content (AvgIpc) is 2.83. The van der Waals surface area contributed by atoms with E-state index in [0.29, 0.717) is 10.8 Å². The van der Waals surface area contributed by atoms with E-state index >= 15 is 0 Å². The summed E-state index contributed by atoms with van der Waals surface area (Å²) >= 11 is 0. The largest absolute Gasteiger partial charge is 0.479 e. The third-order valence-corrected chi connectivity index (χ3v) is 5.43. The maximum atomic E-state index is 13.1. The molecular weight excluding hydrogens is 436 g/mol. The van der Waals surface area contributed by atoms with Crippen LogP contribution in [0.3, 0.4) is 0 Å². The monoisotopic (exact) mass is 462 g/mol. The lowest BCUT2D eigenvalue weighted by atomic mass is 9.93. The van der Waals surface area contributed by atoms with Crippen molar-refractivity contribution in [3.63, 3.8) is 0 Å². The molecule has 1 atom stereocenters. The number of benzene rings is 3. The molecule has 0 fully saturated rings. The summed E-state index contributed by atoms with van der Waals surface area (Å²) in [6.07, 6.45) is -0.466. The van der Waals surface area contributed by atoms with Gasteiger partial charge in [-0.1, -0.05) is 59.7 Å². The quantitative estimate of drug-likeness (QED) is 0.241. The van der Waals surface area contributed by atoms with Crippen molar-refractivity contribution in [3.8, 4) is 16.9 Å². The topological polar surface area (TPSA) is 116 Å². The highest BCUT2D eigenvalue weighted by atomic mass is 16.7. The molecule has 8 nitrogen and oxygen atoms in total. The molecule has 0 bridgehead atoms. The fraction of sp³-hybridized carbons (Fsp3) is 0.192. The van der Waals surface area contributed by atoms with Crippen molar-refractivity contribution in [1.29, 1.82) is 0 Å². The second-order valence-electron chi connectivity index (χ2n) is 7.87. The number of carboxylic acids is 1. The lowest BCUT2D eigenvalue weighted by Gasteiger charge is -2.35. The van der Waals surface area contributed by atoms with E-state index in [9.17, 15) is 24.6 Å². The van der Waals surface area contributed by atoms with Gasteiger partial charge in [0.1, 0.15) is 0 Å². The van der Waals surface area contributed by atoms with Crippen LogP contribution in [0, 0.1) is 13.8 Å². The minimum absolute atomic E-state index is 0.117. The number of carbonyl (C=O) groups is 3. The molecule has 34 heavy (non-hydrogen) atoms. The molecule has 0 radical (unpaired) electrons. The summed E-state index contributed by atoms with van der Waals surface area (Å²) in [6.45, 7) is 3.18. The van der Waals surface area contributed by atoms with E-state index in [1.54, 1.807) is 48.5 Å². The van der Waals surface area contributed by atoms with Gasteiger partial charge in [-0.3, -0.25) is 9.59 Å². The van der Waals surface area contributed by atoms with E-state index in [4.69, 9.17) is 4.84 Å². The van der Waals surface area contributed by atoms with Crippen LogP contribution in [0.25, 0.3) is 11.1 Å². The third-order valence-electron chi connectivity index (χ3n) is 5.43. The van der Waals surface area contributed by atoms with Gasteiger partial charge in [-0.15, -0.1) is 0 Å². The number of hydrogen-bond donors (Lipinski definition) is 3. The number of rotatable bonds is 10. The number of hydrogen-bond acceptors (Lipinski definition) is 5. The van der Waals surface area contributed by atoms with Gasteiger partial charge in [0.05, 0.1) is 0 Å². The van der Waals surface area contributed by atoms with E-state index in [0.717, 1.165) is 22.3 Å². The Morgan fingerprint density at radius 1 is 0.912 bits per heavy atom. The van der Waals surface area contributed by atoms with Crippen molar-refractivity contribution in [2.24, 2.45) is 0 Å². The summed E-state index contributed by atoms with van der Waals surface area (Å²) in [5, 5.41) is 22.5. The van der Waals surface area contributed by atoms with Gasteiger partial charge in [0, 0.05) is 18.7 Å². The van der Waals surface area contributed by atoms with Crippen molar-refractivity contribution in [2.75, 3.05) is 11.9 Å². The first-order chi connectivity index (χ1) is 16.3. The number of aliphatic hydroxyl groups excluding tert-OH is 1. The van der Waals surface area contributed by atoms with Gasteiger partial charge in [0.2, 0.25) is 6.41 Å². The normalized spacial score (nSPS) is 12.3. The molecule has 3 N–H and O–H groups in total. The number of aliphatic carboxylic acids is 1. The van der Waals surface area contributed by atoms with Crippen LogP contribution in [0.5, 0.6) is 5.75 Å². The smallest absolute Gasteiger partial charge is 0.343 e. The van der Waals surface area contributed by atoms with Gasteiger partial charge >= 0.3 is 5.97 Å². The number of carboxylic acid groups (broad SMARTS) is 1. The van der Waals surface area contributed by atoms with Crippen LogP contribution < -0.4 is 10.2 Å². The molecule has 3 aromatic carbocycles. The lowest BCUT2D eigenvalue weighted by Crippen LogP contribution is -2.63. The van der Waals surface area contributed by atoms with Crippen molar-refractivity contribution >= 4 is 24.0 Å². The summed E-state index contributed by atoms with van der Waals surface area (Å²) in [7, 11) is 0. The Kier molecular flexibility index (Phi) is 7.65. The number of aryl methyl sites for hydroxylation is 2. The molecule has 0 saturated heterocycles. The predicted molar refractivity (Wildman–Crippen MR) is 127 cm³/mol. The van der Waals surface area contributed by atoms with Crippen LogP contribution in [-0.4, -0.2) is 45.7 Å². The van der Waals surface area contributed by atoms with Crippen LogP contribution in [-0.2, 0) is 14.4 Å². The van der Waals surface area contributed by atoms with Crippen LogP contribution in [0.2, 0.25) is 0 Å². The Balaban J connectivity index is 1.88. The highest BCUT2D eigenvalue weighted by molar-refractivity contribution is 6.13. The molecule has 0 aliphatic rings. The Morgan fingerprint density at radius 3 is 1.88 bits per heavy atom. The second-order valence-corrected chi connectivity index (χ2v) is 7.87. The standard InChI is InChI=1S/C26H26N2O6/c1-18-3-7-20(8-4-18)21-9-13-23(14-10-21)34-28(17-30)26(15-16-29,25(32)33)24(31)27-22-11-5-19(2)6-12-22/h3-14,17,29H,15-16H2,1-2H3,(H,27,31)(H,32,33)/t26-/m1/s1. The maximum absolute atomic E-state index is 13.1. The number of aliphatic hydroxyl groups is 1. The zero-order valence-electron chi connectivity index (χ0n) is 18.9. The van der Waals surface area contributed by atoms with Crippen molar-refractivity contribution in [2.45, 2.75) is 25.8 Å². The first-order valence-corrected chi connectivity index (χ1v) is 10.6. The number of anilines is 1. The van der Waals surface area contributed by atoms with Crippen LogP contribution in [0.1, 0.15) is 17.5 Å². The first kappa shape index (κ1) is 24.5. The summed E-state index contributed by atoms with van der Waals surface area (Å²) < 4.78 is 0. The zero-order valence-corrected chi connectivity index (χ0v) is 18.9. The Morgan fingerprint density at radius 2 is 1.41 bits per heavy atom. The fourth-order valence-electron chi connectivity index (χ4n) is 3.41. The van der Waals surface area contributed by atoms with Crippen molar-refractivity contribution in [1.82, 2.24) is 5.06 Å². The molecule has 0 aliphatic heterocycles. The molecule has 3 rings (SSSR count). The molecule has 0 heterocycles. The SMILES string of the molecule is Cc1ccc(NC(=O)[C@](CCO)(C(=O)O)N(C=O)Oc2ccc(-c3ccc(C)cc3)cc2)cc1. The summed E-state index contributed by atoms with van der Waals surface area (Å²) in [4.78, 5) is 42.9. The summed E-state index contributed by atoms with van der Waals surface area (Å²) in [5.74, 6) is -2.52. The number of nitrogens with one attached hydrogen (secondary N) is 1. The minimum Gasteiger partial charge on any atom is -0.479 e. The van der Waals surface area contributed by atoms with E-state index in [1.165, 1.54) is 0 Å². The van der Waals surface area contributed by atoms with Crippen molar-refractivity contribution < 1.29 is 29.4 Å². The van der Waals surface area contributed by atoms with Gasteiger partial charge < -0.3 is 20.4 Å². The molecule has 0 unspecified atom stereocenters. The van der Waals surface area contributed by atoms with Gasteiger partial charge in [-0.2, -0.15) is 5.06 Å². The van der Waals surface area contributed by atoms with Gasteiger partial charge in [-0.05, 0) is 49.2 Å². The van der Waals surface area contributed by atoms with Crippen LogP contribution in [0.4, 0.5) is 5.69 Å². The Labute approximate surface area is 197 Å². The molecule has 2 amide bonds. The maximum Gasteiger partial charge on any atom is 0.343 e. The first-order valence-electron chi connectivity index (χ1n) is 10.6. The van der Waals surface area contributed by atoms with E-state index in [2.05, 4.69) is 5.32 Å². The van der Waals surface area contributed by atoms with E-state index in [-0.39, 0.29) is 12.2 Å². The summed E-state index contributed by atoms with van der Waals surface area (Å²) in [5.41, 5.74) is 1.78. The number of carbonyl (C=O) groups excluding carboxylic acids is 2. The van der Waals surface area contributed by atoms with Crippen LogP contribution in [0.15, 0.2) is 72.8 Å². The Bertz CT molecular complexity index is 1140. The molecule has 0 saturated carbocycles. The third kappa shape index (κ3) is 5.24. The molecule has 0 aromatic heterocycles. The molecule has 0 aliphatic carbocycles. The predicted octanol–water partition coefficient (Wildman–Crippen LogP) is 3.57. The van der Waals surface area contributed by atoms with Crippen molar-refractivity contribution in [3.05, 3.63) is 83.9 Å². The number of nitrogens with zero attached hydrogens (tertiary/aromatic N) is 1. The highest BCUT2D eigenvalue weighted by Crippen LogP contribution is 2.27. The Hall–Kier alpha value is -4.17.